The predicted molar refractivity (Wildman–Crippen MR) is 141 cm³/mol. The van der Waals surface area contributed by atoms with Gasteiger partial charge in [0.1, 0.15) is 5.60 Å². The van der Waals surface area contributed by atoms with Crippen LogP contribution in [0.2, 0.25) is 0 Å². The summed E-state index contributed by atoms with van der Waals surface area (Å²) in [4.78, 5) is 13.7. The molecule has 0 bridgehead atoms. The molecule has 3 aromatic rings. The van der Waals surface area contributed by atoms with Crippen molar-refractivity contribution in [2.45, 2.75) is 38.3 Å². The average Bonchev–Trinajstić information content (AvgIpc) is 3.31. The van der Waals surface area contributed by atoms with Crippen LogP contribution < -0.4 is 15.4 Å². The number of aromatic nitrogens is 4. The number of benzene rings is 1. The molecular weight excluding hydrogens is 470 g/mol. The third kappa shape index (κ3) is 4.76. The van der Waals surface area contributed by atoms with E-state index in [1.54, 1.807) is 12.4 Å². The smallest absolute Gasteiger partial charge is 0.263 e. The van der Waals surface area contributed by atoms with E-state index in [4.69, 9.17) is 20.2 Å². The number of likely N-dealkylation sites (tertiary alicyclic amines) is 1. The maximum Gasteiger partial charge on any atom is 0.263 e. The van der Waals surface area contributed by atoms with Gasteiger partial charge in [0.15, 0.2) is 11.6 Å². The van der Waals surface area contributed by atoms with Gasteiger partial charge in [0, 0.05) is 24.3 Å². The molecule has 0 saturated carbocycles. The first-order chi connectivity index (χ1) is 17.7. The van der Waals surface area contributed by atoms with Gasteiger partial charge in [-0.2, -0.15) is 5.10 Å². The summed E-state index contributed by atoms with van der Waals surface area (Å²) < 4.78 is 13.4. The summed E-state index contributed by atoms with van der Waals surface area (Å²) in [5.74, 6) is 1.03. The molecule has 0 radical (unpaired) electrons. The molecular formula is C27H35N7O3. The van der Waals surface area contributed by atoms with Crippen LogP contribution in [-0.4, -0.2) is 76.2 Å². The third-order valence-electron chi connectivity index (χ3n) is 7.66. The second-order valence-corrected chi connectivity index (χ2v) is 11.6. The van der Waals surface area contributed by atoms with Crippen molar-refractivity contribution in [3.63, 3.8) is 0 Å². The van der Waals surface area contributed by atoms with Gasteiger partial charge in [-0.15, -0.1) is 0 Å². The first-order valence-electron chi connectivity index (χ1n) is 12.9. The van der Waals surface area contributed by atoms with E-state index in [0.717, 1.165) is 55.8 Å². The molecule has 0 spiro atoms. The molecule has 0 atom stereocenters. The van der Waals surface area contributed by atoms with Crippen molar-refractivity contribution in [2.75, 3.05) is 57.1 Å². The van der Waals surface area contributed by atoms with Crippen LogP contribution in [0.15, 0.2) is 36.8 Å². The summed E-state index contributed by atoms with van der Waals surface area (Å²) in [7, 11) is 2.14. The second kappa shape index (κ2) is 8.97. The Bertz CT molecular complexity index is 1290. The summed E-state index contributed by atoms with van der Waals surface area (Å²) in [5, 5.41) is 15.6. The first kappa shape index (κ1) is 24.1. The van der Waals surface area contributed by atoms with Crippen LogP contribution >= 0.6 is 0 Å². The van der Waals surface area contributed by atoms with Crippen LogP contribution in [0, 0.1) is 5.41 Å². The van der Waals surface area contributed by atoms with Gasteiger partial charge in [0.05, 0.1) is 43.5 Å². The molecule has 10 nitrogen and oxygen atoms in total. The van der Waals surface area contributed by atoms with E-state index in [-0.39, 0.29) is 30.3 Å². The highest BCUT2D eigenvalue weighted by molar-refractivity contribution is 5.69. The van der Waals surface area contributed by atoms with Crippen molar-refractivity contribution in [1.82, 2.24) is 24.6 Å². The third-order valence-corrected chi connectivity index (χ3v) is 7.66. The summed E-state index contributed by atoms with van der Waals surface area (Å²) >= 11 is 0. The van der Waals surface area contributed by atoms with Crippen LogP contribution in [0.25, 0.3) is 11.3 Å². The summed E-state index contributed by atoms with van der Waals surface area (Å²) in [5.41, 5.74) is 8.76. The molecule has 1 aromatic carbocycles. The highest BCUT2D eigenvalue weighted by Gasteiger charge is 2.40. The van der Waals surface area contributed by atoms with Crippen LogP contribution in [0.3, 0.4) is 0 Å². The van der Waals surface area contributed by atoms with Crippen molar-refractivity contribution in [3.8, 4) is 22.9 Å². The van der Waals surface area contributed by atoms with Gasteiger partial charge >= 0.3 is 0 Å². The molecule has 0 aliphatic carbocycles. The van der Waals surface area contributed by atoms with Gasteiger partial charge in [0.25, 0.3) is 5.88 Å². The largest absolute Gasteiger partial charge is 0.433 e. The number of nitrogen functional groups attached to an aromatic ring is 1. The topological polar surface area (TPSA) is 115 Å². The van der Waals surface area contributed by atoms with Gasteiger partial charge in [-0.1, -0.05) is 13.8 Å². The Morgan fingerprint density at radius 3 is 2.54 bits per heavy atom. The van der Waals surface area contributed by atoms with Crippen molar-refractivity contribution < 1.29 is 14.6 Å². The summed E-state index contributed by atoms with van der Waals surface area (Å²) in [6, 6.07) is 6.46. The van der Waals surface area contributed by atoms with E-state index < -0.39 is 5.60 Å². The fourth-order valence-electron chi connectivity index (χ4n) is 5.38. The Balaban J connectivity index is 1.28. The molecule has 196 valence electrons. The molecule has 6 rings (SSSR count). The number of hydrogen-bond donors (Lipinski definition) is 2. The minimum Gasteiger partial charge on any atom is -0.433 e. The number of aliphatic hydroxyl groups is 1. The van der Waals surface area contributed by atoms with E-state index in [9.17, 15) is 5.11 Å². The fourth-order valence-corrected chi connectivity index (χ4v) is 5.38. The summed E-state index contributed by atoms with van der Waals surface area (Å²) in [6.07, 6.45) is 7.36. The summed E-state index contributed by atoms with van der Waals surface area (Å²) in [6.45, 7) is 9.09. The molecule has 5 heterocycles. The molecule has 2 aromatic heterocycles. The Labute approximate surface area is 217 Å². The first-order valence-corrected chi connectivity index (χ1v) is 12.9. The van der Waals surface area contributed by atoms with Crippen molar-refractivity contribution in [3.05, 3.63) is 42.4 Å². The maximum atomic E-state index is 11.0. The Kier molecular flexibility index (Phi) is 5.85. The van der Waals surface area contributed by atoms with Crippen molar-refractivity contribution in [2.24, 2.45) is 5.41 Å². The van der Waals surface area contributed by atoms with Crippen LogP contribution in [0.1, 0.15) is 38.3 Å². The fraction of sp³-hybridized carbons (Fsp3) is 0.519. The monoisotopic (exact) mass is 505 g/mol. The number of nitrogens with two attached hydrogens (primary N) is 1. The predicted octanol–water partition coefficient (Wildman–Crippen LogP) is 3.05. The molecule has 3 N–H and O–H groups in total. The quantitative estimate of drug-likeness (QED) is 0.522. The van der Waals surface area contributed by atoms with E-state index in [0.29, 0.717) is 17.5 Å². The highest BCUT2D eigenvalue weighted by Crippen LogP contribution is 2.40. The van der Waals surface area contributed by atoms with Gasteiger partial charge in [-0.05, 0) is 62.2 Å². The maximum absolute atomic E-state index is 11.0. The number of piperidine rings is 1. The van der Waals surface area contributed by atoms with Crippen LogP contribution in [0.4, 0.5) is 11.5 Å². The van der Waals surface area contributed by atoms with Gasteiger partial charge in [-0.25, -0.2) is 9.97 Å². The Morgan fingerprint density at radius 1 is 1.11 bits per heavy atom. The lowest BCUT2D eigenvalue weighted by Crippen LogP contribution is -2.53. The zero-order valence-electron chi connectivity index (χ0n) is 21.7. The number of hydrogen-bond acceptors (Lipinski definition) is 9. The lowest BCUT2D eigenvalue weighted by molar-refractivity contribution is -0.184. The Hall–Kier alpha value is -3.21. The second-order valence-electron chi connectivity index (χ2n) is 11.6. The van der Waals surface area contributed by atoms with E-state index in [2.05, 4.69) is 52.9 Å². The average molecular weight is 506 g/mol. The number of nitrogens with zero attached hydrogens (tertiary/aromatic N) is 6. The minimum atomic E-state index is -0.992. The zero-order valence-corrected chi connectivity index (χ0v) is 21.7. The zero-order chi connectivity index (χ0) is 25.8. The SMILES string of the molecule is CN1CCC(n2cc(Oc3nc(-c4cc(N5CC(C)(C)C5)cc(C5(O)COC5)c4)cnc3N)cn2)CC1. The molecule has 3 fully saturated rings. The highest BCUT2D eigenvalue weighted by atomic mass is 16.5. The lowest BCUT2D eigenvalue weighted by atomic mass is 9.83. The molecule has 0 unspecified atom stereocenters. The van der Waals surface area contributed by atoms with Crippen LogP contribution in [-0.2, 0) is 10.3 Å². The van der Waals surface area contributed by atoms with Crippen molar-refractivity contribution >= 4 is 11.5 Å². The standard InChI is InChI=1S/C27H35N7O3/c1-26(2)14-33(15-26)21-9-18(8-19(10-21)27(35)16-36-17-27)23-12-29-24(28)25(31-23)37-22-11-30-34(13-22)20-4-6-32(3)7-5-20/h8-13,20,35H,4-7,14-17H2,1-3H3,(H2,28,29). The molecule has 10 heteroatoms. The van der Waals surface area contributed by atoms with E-state index in [1.807, 2.05) is 16.9 Å². The normalized spacial score (nSPS) is 21.4. The van der Waals surface area contributed by atoms with Crippen LogP contribution in [0.5, 0.6) is 11.6 Å². The van der Waals surface area contributed by atoms with Gasteiger partial charge in [0.2, 0.25) is 0 Å². The number of anilines is 2. The number of rotatable bonds is 6. The Morgan fingerprint density at radius 2 is 1.86 bits per heavy atom. The molecule has 3 aliphatic heterocycles. The lowest BCUT2D eigenvalue weighted by Gasteiger charge is -2.48. The van der Waals surface area contributed by atoms with Gasteiger partial charge in [-0.3, -0.25) is 4.68 Å². The van der Waals surface area contributed by atoms with E-state index >= 15 is 0 Å². The molecule has 0 amide bonds. The van der Waals surface area contributed by atoms with Gasteiger partial charge < -0.3 is 30.1 Å². The molecule has 37 heavy (non-hydrogen) atoms. The molecule has 3 aliphatic rings. The van der Waals surface area contributed by atoms with Crippen molar-refractivity contribution in [1.29, 1.82) is 0 Å². The molecule has 3 saturated heterocycles. The van der Waals surface area contributed by atoms with E-state index in [1.165, 1.54) is 0 Å². The minimum absolute atomic E-state index is 0.211. The number of ether oxygens (including phenoxy) is 2.